The van der Waals surface area contributed by atoms with Crippen LogP contribution in [0.1, 0.15) is 16.7 Å². The Morgan fingerprint density at radius 3 is 2.50 bits per heavy atom. The standard InChI is InChI=1S/C16H18ClNO2/c1-12-8-14(10-18-19-2)9-15(17)16(12)20-11-13-6-4-3-5-7-13/h3-9,18H,10-11H2,1-2H3. The highest BCUT2D eigenvalue weighted by Crippen LogP contribution is 2.30. The van der Waals surface area contributed by atoms with Crippen molar-refractivity contribution in [1.29, 1.82) is 0 Å². The Balaban J connectivity index is 2.08. The quantitative estimate of drug-likeness (QED) is 0.819. The monoisotopic (exact) mass is 291 g/mol. The van der Waals surface area contributed by atoms with E-state index in [0.717, 1.165) is 22.4 Å². The van der Waals surface area contributed by atoms with E-state index >= 15 is 0 Å². The first-order valence-corrected chi connectivity index (χ1v) is 6.80. The fraction of sp³-hybridized carbons (Fsp3) is 0.250. The Kier molecular flexibility index (Phi) is 5.41. The highest BCUT2D eigenvalue weighted by Gasteiger charge is 2.08. The molecular formula is C16H18ClNO2. The van der Waals surface area contributed by atoms with Gasteiger partial charge in [-0.3, -0.25) is 0 Å². The minimum Gasteiger partial charge on any atom is -0.487 e. The number of hydroxylamine groups is 1. The molecule has 0 aliphatic carbocycles. The maximum atomic E-state index is 6.29. The van der Waals surface area contributed by atoms with Gasteiger partial charge in [-0.2, -0.15) is 5.48 Å². The van der Waals surface area contributed by atoms with Crippen LogP contribution in [0.4, 0.5) is 0 Å². The number of ether oxygens (including phenoxy) is 1. The zero-order valence-electron chi connectivity index (χ0n) is 11.7. The zero-order chi connectivity index (χ0) is 14.4. The molecule has 0 aliphatic rings. The molecule has 2 aromatic rings. The molecule has 20 heavy (non-hydrogen) atoms. The molecule has 0 fully saturated rings. The van der Waals surface area contributed by atoms with Crippen LogP contribution in [0.25, 0.3) is 0 Å². The Hall–Kier alpha value is -1.55. The molecule has 4 heteroatoms. The van der Waals surface area contributed by atoms with Crippen molar-refractivity contribution >= 4 is 11.6 Å². The maximum absolute atomic E-state index is 6.29. The van der Waals surface area contributed by atoms with Gasteiger partial charge in [-0.25, -0.2) is 0 Å². The molecule has 2 aromatic carbocycles. The van der Waals surface area contributed by atoms with Crippen molar-refractivity contribution in [1.82, 2.24) is 5.48 Å². The van der Waals surface area contributed by atoms with Crippen LogP contribution in [0, 0.1) is 6.92 Å². The van der Waals surface area contributed by atoms with Gasteiger partial charge < -0.3 is 9.57 Å². The van der Waals surface area contributed by atoms with E-state index in [-0.39, 0.29) is 0 Å². The number of rotatable bonds is 6. The third-order valence-electron chi connectivity index (χ3n) is 2.94. The van der Waals surface area contributed by atoms with Crippen LogP contribution in [0.15, 0.2) is 42.5 Å². The largest absolute Gasteiger partial charge is 0.487 e. The summed E-state index contributed by atoms with van der Waals surface area (Å²) in [6, 6.07) is 14.0. The van der Waals surface area contributed by atoms with E-state index in [4.69, 9.17) is 21.2 Å². The molecule has 106 valence electrons. The first-order valence-electron chi connectivity index (χ1n) is 6.42. The summed E-state index contributed by atoms with van der Waals surface area (Å²) in [4.78, 5) is 4.84. The lowest BCUT2D eigenvalue weighted by molar-refractivity contribution is 0.0867. The predicted molar refractivity (Wildman–Crippen MR) is 80.8 cm³/mol. The highest BCUT2D eigenvalue weighted by atomic mass is 35.5. The topological polar surface area (TPSA) is 30.5 Å². The van der Waals surface area contributed by atoms with Crippen LogP contribution in [0.5, 0.6) is 5.75 Å². The van der Waals surface area contributed by atoms with Crippen molar-refractivity contribution in [2.24, 2.45) is 0 Å². The van der Waals surface area contributed by atoms with Crippen LogP contribution in [0.2, 0.25) is 5.02 Å². The summed E-state index contributed by atoms with van der Waals surface area (Å²) >= 11 is 6.29. The molecule has 0 spiro atoms. The summed E-state index contributed by atoms with van der Waals surface area (Å²) in [5.41, 5.74) is 5.99. The number of hydrogen-bond donors (Lipinski definition) is 1. The van der Waals surface area contributed by atoms with Crippen LogP contribution >= 0.6 is 11.6 Å². The van der Waals surface area contributed by atoms with Gasteiger partial charge in [-0.1, -0.05) is 48.0 Å². The van der Waals surface area contributed by atoms with Gasteiger partial charge in [-0.05, 0) is 29.7 Å². The zero-order valence-corrected chi connectivity index (χ0v) is 12.4. The van der Waals surface area contributed by atoms with Crippen LogP contribution in [-0.4, -0.2) is 7.11 Å². The molecule has 0 saturated heterocycles. The van der Waals surface area contributed by atoms with Gasteiger partial charge in [0.25, 0.3) is 0 Å². The van der Waals surface area contributed by atoms with Crippen molar-refractivity contribution in [2.45, 2.75) is 20.1 Å². The van der Waals surface area contributed by atoms with Gasteiger partial charge in [-0.15, -0.1) is 0 Å². The molecule has 1 N–H and O–H groups in total. The second-order valence-electron chi connectivity index (χ2n) is 4.52. The lowest BCUT2D eigenvalue weighted by Crippen LogP contribution is -2.11. The second kappa shape index (κ2) is 7.29. The van der Waals surface area contributed by atoms with E-state index < -0.39 is 0 Å². The summed E-state index contributed by atoms with van der Waals surface area (Å²) in [6.45, 7) is 3.11. The maximum Gasteiger partial charge on any atom is 0.141 e. The Bertz CT molecular complexity index is 535. The average Bonchev–Trinajstić information content (AvgIpc) is 2.45. The van der Waals surface area contributed by atoms with Crippen molar-refractivity contribution in [2.75, 3.05) is 7.11 Å². The molecular weight excluding hydrogens is 274 g/mol. The SMILES string of the molecule is CONCc1cc(C)c(OCc2ccccc2)c(Cl)c1. The molecule has 3 nitrogen and oxygen atoms in total. The van der Waals surface area contributed by atoms with E-state index in [2.05, 4.69) is 5.48 Å². The van der Waals surface area contributed by atoms with E-state index in [1.807, 2.05) is 49.4 Å². The molecule has 2 rings (SSSR count). The number of aryl methyl sites for hydroxylation is 1. The molecule has 0 aromatic heterocycles. The van der Waals surface area contributed by atoms with Crippen LogP contribution in [-0.2, 0) is 18.0 Å². The van der Waals surface area contributed by atoms with Crippen molar-refractivity contribution in [3.8, 4) is 5.75 Å². The van der Waals surface area contributed by atoms with Gasteiger partial charge in [0.15, 0.2) is 0 Å². The van der Waals surface area contributed by atoms with Crippen molar-refractivity contribution in [3.05, 3.63) is 64.2 Å². The van der Waals surface area contributed by atoms with E-state index in [1.54, 1.807) is 7.11 Å². The van der Waals surface area contributed by atoms with E-state index in [0.29, 0.717) is 18.2 Å². The Morgan fingerprint density at radius 2 is 1.85 bits per heavy atom. The Morgan fingerprint density at radius 1 is 1.10 bits per heavy atom. The normalized spacial score (nSPS) is 10.6. The first kappa shape index (κ1) is 14.9. The third kappa shape index (κ3) is 3.97. The van der Waals surface area contributed by atoms with Crippen molar-refractivity contribution in [3.63, 3.8) is 0 Å². The summed E-state index contributed by atoms with van der Waals surface area (Å²) < 4.78 is 5.83. The van der Waals surface area contributed by atoms with Crippen LogP contribution < -0.4 is 10.2 Å². The number of hydrogen-bond acceptors (Lipinski definition) is 3. The van der Waals surface area contributed by atoms with Gasteiger partial charge in [0.1, 0.15) is 12.4 Å². The lowest BCUT2D eigenvalue weighted by Gasteiger charge is -2.13. The van der Waals surface area contributed by atoms with Crippen molar-refractivity contribution < 1.29 is 9.57 Å². The predicted octanol–water partition coefficient (Wildman–Crippen LogP) is 3.88. The summed E-state index contributed by atoms with van der Waals surface area (Å²) in [5, 5.41) is 0.619. The Labute approximate surface area is 124 Å². The third-order valence-corrected chi connectivity index (χ3v) is 3.22. The molecule has 0 saturated carbocycles. The number of benzene rings is 2. The minimum absolute atomic E-state index is 0.511. The molecule has 0 amide bonds. The van der Waals surface area contributed by atoms with E-state index in [1.165, 1.54) is 0 Å². The number of halogens is 1. The molecule has 0 heterocycles. The molecule has 0 radical (unpaired) electrons. The summed E-state index contributed by atoms with van der Waals surface area (Å²) in [7, 11) is 1.59. The first-order chi connectivity index (χ1) is 9.70. The fourth-order valence-corrected chi connectivity index (χ4v) is 2.32. The molecule has 0 bridgehead atoms. The smallest absolute Gasteiger partial charge is 0.141 e. The molecule has 0 aliphatic heterocycles. The fourth-order valence-electron chi connectivity index (χ4n) is 1.97. The summed E-state index contributed by atoms with van der Waals surface area (Å²) in [6.07, 6.45) is 0. The number of nitrogens with one attached hydrogen (secondary N) is 1. The van der Waals surface area contributed by atoms with Gasteiger partial charge in [0.05, 0.1) is 12.1 Å². The van der Waals surface area contributed by atoms with Gasteiger partial charge in [0.2, 0.25) is 0 Å². The highest BCUT2D eigenvalue weighted by molar-refractivity contribution is 6.32. The minimum atomic E-state index is 0.511. The summed E-state index contributed by atoms with van der Waals surface area (Å²) in [5.74, 6) is 0.733. The van der Waals surface area contributed by atoms with Gasteiger partial charge in [0, 0.05) is 6.54 Å². The van der Waals surface area contributed by atoms with E-state index in [9.17, 15) is 0 Å². The molecule has 0 unspecified atom stereocenters. The molecule has 0 atom stereocenters. The second-order valence-corrected chi connectivity index (χ2v) is 4.93. The van der Waals surface area contributed by atoms with Crippen LogP contribution in [0.3, 0.4) is 0 Å². The van der Waals surface area contributed by atoms with Gasteiger partial charge >= 0.3 is 0 Å². The lowest BCUT2D eigenvalue weighted by atomic mass is 10.1. The average molecular weight is 292 g/mol.